The number of benzene rings is 1. The van der Waals surface area contributed by atoms with Crippen LogP contribution in [0.2, 0.25) is 5.02 Å². The number of halogens is 1. The fraction of sp³-hybridized carbons (Fsp3) is 0.381. The molecule has 2 heterocycles. The van der Waals surface area contributed by atoms with Crippen molar-refractivity contribution in [1.82, 2.24) is 15.2 Å². The van der Waals surface area contributed by atoms with Gasteiger partial charge in [-0.3, -0.25) is 9.59 Å². The van der Waals surface area contributed by atoms with Crippen LogP contribution in [-0.4, -0.2) is 54.7 Å². The summed E-state index contributed by atoms with van der Waals surface area (Å²) in [6.45, 7) is 1.89. The Morgan fingerprint density at radius 3 is 2.72 bits per heavy atom. The van der Waals surface area contributed by atoms with E-state index in [4.69, 9.17) is 16.3 Å². The number of nitrogens with one attached hydrogen (secondary N) is 1. The van der Waals surface area contributed by atoms with Gasteiger partial charge in [-0.15, -0.1) is 11.8 Å². The van der Waals surface area contributed by atoms with Crippen molar-refractivity contribution in [2.75, 3.05) is 33.0 Å². The molecule has 0 atom stereocenters. The fourth-order valence-corrected chi connectivity index (χ4v) is 4.13. The number of ether oxygens (including phenoxy) is 1. The lowest BCUT2D eigenvalue weighted by Crippen LogP contribution is -2.41. The number of piperidine rings is 1. The van der Waals surface area contributed by atoms with E-state index >= 15 is 0 Å². The molecule has 1 aliphatic rings. The zero-order valence-corrected chi connectivity index (χ0v) is 18.1. The van der Waals surface area contributed by atoms with E-state index in [9.17, 15) is 9.59 Å². The summed E-state index contributed by atoms with van der Waals surface area (Å²) in [6, 6.07) is 8.59. The summed E-state index contributed by atoms with van der Waals surface area (Å²) in [5, 5.41) is 4.21. The van der Waals surface area contributed by atoms with Crippen LogP contribution in [0.4, 0.5) is 0 Å². The predicted molar refractivity (Wildman–Crippen MR) is 115 cm³/mol. The van der Waals surface area contributed by atoms with Crippen LogP contribution in [0.5, 0.6) is 5.75 Å². The van der Waals surface area contributed by atoms with Crippen molar-refractivity contribution in [2.45, 2.75) is 17.9 Å². The van der Waals surface area contributed by atoms with E-state index in [0.717, 1.165) is 17.9 Å². The molecule has 1 N–H and O–H groups in total. The second-order valence-corrected chi connectivity index (χ2v) is 8.08. The number of methoxy groups -OCH3 is 1. The van der Waals surface area contributed by atoms with Gasteiger partial charge in [0.05, 0.1) is 18.2 Å². The molecule has 0 radical (unpaired) electrons. The average molecular weight is 434 g/mol. The monoisotopic (exact) mass is 433 g/mol. The Balaban J connectivity index is 1.53. The van der Waals surface area contributed by atoms with Gasteiger partial charge in [0.25, 0.3) is 11.8 Å². The van der Waals surface area contributed by atoms with Crippen LogP contribution in [0.15, 0.2) is 41.6 Å². The molecule has 6 nitrogen and oxygen atoms in total. The maximum absolute atomic E-state index is 12.8. The number of likely N-dealkylation sites (tertiary alicyclic amines) is 1. The minimum atomic E-state index is -0.206. The predicted octanol–water partition coefficient (Wildman–Crippen LogP) is 3.75. The van der Waals surface area contributed by atoms with E-state index in [1.807, 2.05) is 17.2 Å². The van der Waals surface area contributed by atoms with E-state index in [0.29, 0.717) is 47.5 Å². The highest BCUT2D eigenvalue weighted by Crippen LogP contribution is 2.24. The van der Waals surface area contributed by atoms with Crippen molar-refractivity contribution < 1.29 is 14.3 Å². The summed E-state index contributed by atoms with van der Waals surface area (Å²) in [4.78, 5) is 31.5. The molecule has 0 unspecified atom stereocenters. The van der Waals surface area contributed by atoms with Crippen molar-refractivity contribution in [3.8, 4) is 5.75 Å². The molecule has 1 fully saturated rings. The molecule has 1 saturated heterocycles. The third-order valence-electron chi connectivity index (χ3n) is 5.05. The smallest absolute Gasteiger partial charge is 0.256 e. The van der Waals surface area contributed by atoms with Gasteiger partial charge >= 0.3 is 0 Å². The van der Waals surface area contributed by atoms with E-state index in [-0.39, 0.29) is 11.8 Å². The van der Waals surface area contributed by atoms with E-state index in [1.165, 1.54) is 18.9 Å². The molecule has 0 saturated carbocycles. The molecule has 2 aromatic rings. The first-order valence-corrected chi connectivity index (χ1v) is 11.0. The lowest BCUT2D eigenvalue weighted by molar-refractivity contribution is 0.0680. The Hall–Kier alpha value is -2.25. The quantitative estimate of drug-likeness (QED) is 0.702. The minimum Gasteiger partial charge on any atom is -0.496 e. The first-order chi connectivity index (χ1) is 14.0. The Morgan fingerprint density at radius 2 is 2.03 bits per heavy atom. The third kappa shape index (κ3) is 5.22. The standard InChI is InChI=1S/C21H24ClN3O3S/c1-28-18-6-5-15(22)12-17(18)19(26)24-13-14-7-10-25(11-8-14)21(27)16-4-3-9-23-20(16)29-2/h3-6,9,12,14H,7-8,10-11,13H2,1-2H3,(H,24,26). The number of amides is 2. The first-order valence-electron chi connectivity index (χ1n) is 9.43. The van der Waals surface area contributed by atoms with Crippen LogP contribution in [0.3, 0.4) is 0 Å². The molecule has 0 bridgehead atoms. The van der Waals surface area contributed by atoms with Crippen molar-refractivity contribution in [3.05, 3.63) is 52.7 Å². The van der Waals surface area contributed by atoms with Gasteiger partial charge in [0, 0.05) is 30.9 Å². The summed E-state index contributed by atoms with van der Waals surface area (Å²) in [5.74, 6) is 0.631. The maximum atomic E-state index is 12.8. The largest absolute Gasteiger partial charge is 0.496 e. The lowest BCUT2D eigenvalue weighted by Gasteiger charge is -2.32. The summed E-state index contributed by atoms with van der Waals surface area (Å²) in [5.41, 5.74) is 1.08. The van der Waals surface area contributed by atoms with Gasteiger partial charge in [0.1, 0.15) is 10.8 Å². The Bertz CT molecular complexity index is 885. The second-order valence-electron chi connectivity index (χ2n) is 6.85. The van der Waals surface area contributed by atoms with Gasteiger partial charge in [-0.25, -0.2) is 4.98 Å². The van der Waals surface area contributed by atoms with Gasteiger partial charge in [-0.1, -0.05) is 11.6 Å². The topological polar surface area (TPSA) is 71.5 Å². The number of hydrogen-bond acceptors (Lipinski definition) is 5. The number of rotatable bonds is 6. The van der Waals surface area contributed by atoms with Crippen LogP contribution in [-0.2, 0) is 0 Å². The first kappa shape index (κ1) is 21.5. The number of hydrogen-bond donors (Lipinski definition) is 1. The van der Waals surface area contributed by atoms with E-state index in [2.05, 4.69) is 10.3 Å². The number of carbonyl (C=O) groups is 2. The highest BCUT2D eigenvalue weighted by Gasteiger charge is 2.26. The SMILES string of the molecule is COc1ccc(Cl)cc1C(=O)NCC1CCN(C(=O)c2cccnc2SC)CC1. The third-order valence-corrected chi connectivity index (χ3v) is 6.00. The molecule has 1 aliphatic heterocycles. The zero-order valence-electron chi connectivity index (χ0n) is 16.5. The highest BCUT2D eigenvalue weighted by atomic mass is 35.5. The molecule has 1 aromatic carbocycles. The van der Waals surface area contributed by atoms with Gasteiger partial charge in [0.2, 0.25) is 0 Å². The number of pyridine rings is 1. The highest BCUT2D eigenvalue weighted by molar-refractivity contribution is 7.98. The normalized spacial score (nSPS) is 14.5. The number of carbonyl (C=O) groups excluding carboxylic acids is 2. The number of thioether (sulfide) groups is 1. The van der Waals surface area contributed by atoms with Crippen LogP contribution >= 0.6 is 23.4 Å². The molecule has 0 spiro atoms. The van der Waals surface area contributed by atoms with Crippen LogP contribution in [0.25, 0.3) is 0 Å². The average Bonchev–Trinajstić information content (AvgIpc) is 2.77. The van der Waals surface area contributed by atoms with Gasteiger partial charge < -0.3 is 15.0 Å². The Kier molecular flexibility index (Phi) is 7.39. The van der Waals surface area contributed by atoms with E-state index < -0.39 is 0 Å². The van der Waals surface area contributed by atoms with Crippen molar-refractivity contribution in [3.63, 3.8) is 0 Å². The van der Waals surface area contributed by atoms with Gasteiger partial charge in [0.15, 0.2) is 0 Å². The molecule has 154 valence electrons. The van der Waals surface area contributed by atoms with Gasteiger partial charge in [-0.05, 0) is 55.3 Å². The number of nitrogens with zero attached hydrogens (tertiary/aromatic N) is 2. The van der Waals surface area contributed by atoms with Crippen LogP contribution in [0.1, 0.15) is 33.6 Å². The molecule has 2 amide bonds. The minimum absolute atomic E-state index is 0.0219. The van der Waals surface area contributed by atoms with Gasteiger partial charge in [-0.2, -0.15) is 0 Å². The molecule has 0 aliphatic carbocycles. The van der Waals surface area contributed by atoms with Crippen molar-refractivity contribution in [2.24, 2.45) is 5.92 Å². The van der Waals surface area contributed by atoms with Crippen molar-refractivity contribution >= 4 is 35.2 Å². The second kappa shape index (κ2) is 9.98. The summed E-state index contributed by atoms with van der Waals surface area (Å²) in [6.07, 6.45) is 5.30. The fourth-order valence-electron chi connectivity index (χ4n) is 3.42. The Labute approximate surface area is 180 Å². The lowest BCUT2D eigenvalue weighted by atomic mass is 9.96. The molecule has 3 rings (SSSR count). The summed E-state index contributed by atoms with van der Waals surface area (Å²) < 4.78 is 5.24. The molecule has 8 heteroatoms. The molecular weight excluding hydrogens is 410 g/mol. The zero-order chi connectivity index (χ0) is 20.8. The van der Waals surface area contributed by atoms with Crippen LogP contribution in [0, 0.1) is 5.92 Å². The molecule has 29 heavy (non-hydrogen) atoms. The molecule has 1 aromatic heterocycles. The Morgan fingerprint density at radius 1 is 1.28 bits per heavy atom. The van der Waals surface area contributed by atoms with Crippen LogP contribution < -0.4 is 10.1 Å². The molecular formula is C21H24ClN3O3S. The number of aromatic nitrogens is 1. The summed E-state index contributed by atoms with van der Waals surface area (Å²) >= 11 is 7.48. The van der Waals surface area contributed by atoms with Crippen molar-refractivity contribution in [1.29, 1.82) is 0 Å². The summed E-state index contributed by atoms with van der Waals surface area (Å²) in [7, 11) is 1.53. The maximum Gasteiger partial charge on any atom is 0.256 e. The van der Waals surface area contributed by atoms with E-state index in [1.54, 1.807) is 30.5 Å².